The average molecular weight is 299 g/mol. The minimum Gasteiger partial charge on any atom is -0.480 e. The second-order valence-electron chi connectivity index (χ2n) is 4.75. The molecule has 2 aromatic rings. The summed E-state index contributed by atoms with van der Waals surface area (Å²) in [7, 11) is 1.20. The van der Waals surface area contributed by atoms with E-state index in [1.165, 1.54) is 7.11 Å². The number of amides is 1. The van der Waals surface area contributed by atoms with E-state index in [9.17, 15) is 14.7 Å². The fourth-order valence-electron chi connectivity index (χ4n) is 2.22. The van der Waals surface area contributed by atoms with Crippen LogP contribution in [0, 0.1) is 0 Å². The Hall–Kier alpha value is -2.82. The minimum atomic E-state index is -1.10. The molecule has 2 N–H and O–H groups in total. The van der Waals surface area contributed by atoms with Crippen molar-refractivity contribution in [2.75, 3.05) is 7.11 Å². The Balaban J connectivity index is 2.28. The summed E-state index contributed by atoms with van der Waals surface area (Å²) in [4.78, 5) is 22.6. The van der Waals surface area contributed by atoms with Gasteiger partial charge in [0, 0.05) is 6.42 Å². The number of carboxylic acids is 1. The molecule has 0 unspecified atom stereocenters. The molecule has 0 bridgehead atoms. The summed E-state index contributed by atoms with van der Waals surface area (Å²) in [5.74, 6) is -1.10. The zero-order valence-corrected chi connectivity index (χ0v) is 12.2. The number of ether oxygens (including phenoxy) is 1. The van der Waals surface area contributed by atoms with Gasteiger partial charge in [-0.15, -0.1) is 0 Å². The smallest absolute Gasteiger partial charge is 0.407 e. The molecule has 0 aromatic heterocycles. The van der Waals surface area contributed by atoms with Gasteiger partial charge in [-0.05, 0) is 16.7 Å². The summed E-state index contributed by atoms with van der Waals surface area (Å²) in [6.45, 7) is 0. The van der Waals surface area contributed by atoms with Crippen molar-refractivity contribution in [3.05, 3.63) is 60.2 Å². The molecule has 2 aromatic carbocycles. The van der Waals surface area contributed by atoms with Gasteiger partial charge in [-0.2, -0.15) is 0 Å². The number of benzene rings is 2. The van der Waals surface area contributed by atoms with E-state index in [1.807, 2.05) is 54.6 Å². The maximum Gasteiger partial charge on any atom is 0.407 e. The highest BCUT2D eigenvalue weighted by Gasteiger charge is 2.22. The number of carbonyl (C=O) groups is 2. The van der Waals surface area contributed by atoms with Crippen molar-refractivity contribution >= 4 is 12.1 Å². The Morgan fingerprint density at radius 3 is 2.36 bits per heavy atom. The third-order valence-corrected chi connectivity index (χ3v) is 3.30. The van der Waals surface area contributed by atoms with Gasteiger partial charge >= 0.3 is 12.1 Å². The predicted molar refractivity (Wildman–Crippen MR) is 82.5 cm³/mol. The number of hydrogen-bond donors (Lipinski definition) is 2. The lowest BCUT2D eigenvalue weighted by molar-refractivity contribution is -0.139. The second kappa shape index (κ2) is 7.26. The zero-order chi connectivity index (χ0) is 15.9. The summed E-state index contributed by atoms with van der Waals surface area (Å²) in [5, 5.41) is 11.6. The van der Waals surface area contributed by atoms with Crippen molar-refractivity contribution in [3.8, 4) is 11.1 Å². The first-order chi connectivity index (χ1) is 10.6. The molecule has 5 nitrogen and oxygen atoms in total. The van der Waals surface area contributed by atoms with Crippen LogP contribution in [0.2, 0.25) is 0 Å². The molecular formula is C17H17NO4. The molecule has 0 aliphatic heterocycles. The number of rotatable bonds is 5. The summed E-state index contributed by atoms with van der Waals surface area (Å²) >= 11 is 0. The van der Waals surface area contributed by atoms with Gasteiger partial charge in [0.05, 0.1) is 7.11 Å². The number of hydrogen-bond acceptors (Lipinski definition) is 3. The van der Waals surface area contributed by atoms with E-state index in [0.717, 1.165) is 16.7 Å². The summed E-state index contributed by atoms with van der Waals surface area (Å²) in [6, 6.07) is 16.2. The first-order valence-corrected chi connectivity index (χ1v) is 6.82. The molecule has 1 atom stereocenters. The first-order valence-electron chi connectivity index (χ1n) is 6.82. The standard InChI is InChI=1S/C17H17NO4/c1-22-17(21)18-15(16(19)20)11-13-9-5-6-10-14(13)12-7-3-2-4-8-12/h2-10,15H,11H2,1H3,(H,18,21)(H,19,20)/t15-/m0/s1. The van der Waals surface area contributed by atoms with Gasteiger partial charge in [-0.1, -0.05) is 54.6 Å². The van der Waals surface area contributed by atoms with Crippen LogP contribution in [0.3, 0.4) is 0 Å². The molecule has 0 saturated heterocycles. The highest BCUT2D eigenvalue weighted by atomic mass is 16.5. The normalized spacial score (nSPS) is 11.5. The van der Waals surface area contributed by atoms with Crippen LogP contribution in [0.15, 0.2) is 54.6 Å². The average Bonchev–Trinajstić information content (AvgIpc) is 2.55. The Morgan fingerprint density at radius 2 is 1.73 bits per heavy atom. The van der Waals surface area contributed by atoms with Crippen LogP contribution < -0.4 is 5.32 Å². The monoisotopic (exact) mass is 299 g/mol. The molecule has 0 spiro atoms. The molecule has 0 fully saturated rings. The van der Waals surface area contributed by atoms with E-state index in [2.05, 4.69) is 10.1 Å². The van der Waals surface area contributed by atoms with Gasteiger partial charge < -0.3 is 15.2 Å². The lowest BCUT2D eigenvalue weighted by atomic mass is 9.95. The van der Waals surface area contributed by atoms with Crippen LogP contribution in [0.1, 0.15) is 5.56 Å². The van der Waals surface area contributed by atoms with Crippen molar-refractivity contribution < 1.29 is 19.4 Å². The Bertz CT molecular complexity index is 655. The topological polar surface area (TPSA) is 75.6 Å². The molecule has 5 heteroatoms. The van der Waals surface area contributed by atoms with Gasteiger partial charge in [-0.3, -0.25) is 0 Å². The van der Waals surface area contributed by atoms with E-state index in [1.54, 1.807) is 0 Å². The van der Waals surface area contributed by atoms with Crippen molar-refractivity contribution in [3.63, 3.8) is 0 Å². The summed E-state index contributed by atoms with van der Waals surface area (Å²) < 4.78 is 4.47. The highest BCUT2D eigenvalue weighted by Crippen LogP contribution is 2.24. The molecule has 22 heavy (non-hydrogen) atoms. The van der Waals surface area contributed by atoms with Crippen LogP contribution in [-0.4, -0.2) is 30.3 Å². The number of alkyl carbamates (subject to hydrolysis) is 1. The van der Waals surface area contributed by atoms with Gasteiger partial charge in [0.1, 0.15) is 6.04 Å². The summed E-state index contributed by atoms with van der Waals surface area (Å²) in [5.41, 5.74) is 2.79. The van der Waals surface area contributed by atoms with Crippen molar-refractivity contribution in [1.29, 1.82) is 0 Å². The van der Waals surface area contributed by atoms with Crippen LogP contribution in [-0.2, 0) is 16.0 Å². The molecule has 0 saturated carbocycles. The third-order valence-electron chi connectivity index (χ3n) is 3.30. The lowest BCUT2D eigenvalue weighted by Crippen LogP contribution is -2.42. The Kier molecular flexibility index (Phi) is 5.14. The quantitative estimate of drug-likeness (QED) is 0.890. The molecule has 0 aliphatic rings. The largest absolute Gasteiger partial charge is 0.480 e. The van der Waals surface area contributed by atoms with E-state index in [4.69, 9.17) is 0 Å². The number of nitrogens with one attached hydrogen (secondary N) is 1. The number of carboxylic acid groups (broad SMARTS) is 1. The van der Waals surface area contributed by atoms with Crippen molar-refractivity contribution in [1.82, 2.24) is 5.32 Å². The maximum absolute atomic E-state index is 11.3. The van der Waals surface area contributed by atoms with Crippen LogP contribution in [0.25, 0.3) is 11.1 Å². The Labute approximate surface area is 128 Å². The number of carbonyl (C=O) groups excluding carboxylic acids is 1. The fraction of sp³-hybridized carbons (Fsp3) is 0.176. The Morgan fingerprint density at radius 1 is 1.09 bits per heavy atom. The molecule has 0 radical (unpaired) electrons. The minimum absolute atomic E-state index is 0.176. The fourth-order valence-corrected chi connectivity index (χ4v) is 2.22. The lowest BCUT2D eigenvalue weighted by Gasteiger charge is -2.16. The second-order valence-corrected chi connectivity index (χ2v) is 4.75. The third kappa shape index (κ3) is 3.85. The van der Waals surface area contributed by atoms with E-state index < -0.39 is 18.1 Å². The van der Waals surface area contributed by atoms with Crippen LogP contribution in [0.4, 0.5) is 4.79 Å². The zero-order valence-electron chi connectivity index (χ0n) is 12.2. The van der Waals surface area contributed by atoms with Gasteiger partial charge in [-0.25, -0.2) is 9.59 Å². The van der Waals surface area contributed by atoms with E-state index >= 15 is 0 Å². The summed E-state index contributed by atoms with van der Waals surface area (Å²) in [6.07, 6.45) is -0.584. The molecule has 0 heterocycles. The highest BCUT2D eigenvalue weighted by molar-refractivity contribution is 5.80. The first kappa shape index (κ1) is 15.6. The van der Waals surface area contributed by atoms with Crippen molar-refractivity contribution in [2.24, 2.45) is 0 Å². The van der Waals surface area contributed by atoms with Gasteiger partial charge in [0.15, 0.2) is 0 Å². The van der Waals surface area contributed by atoms with Gasteiger partial charge in [0.2, 0.25) is 0 Å². The van der Waals surface area contributed by atoms with E-state index in [0.29, 0.717) is 0 Å². The van der Waals surface area contributed by atoms with E-state index in [-0.39, 0.29) is 6.42 Å². The van der Waals surface area contributed by atoms with Crippen LogP contribution in [0.5, 0.6) is 0 Å². The SMILES string of the molecule is COC(=O)N[C@@H](Cc1ccccc1-c1ccccc1)C(=O)O. The van der Waals surface area contributed by atoms with Crippen LogP contribution >= 0.6 is 0 Å². The molecule has 0 aliphatic carbocycles. The molecule has 114 valence electrons. The number of methoxy groups -OCH3 is 1. The molecule has 1 amide bonds. The number of aliphatic carboxylic acids is 1. The maximum atomic E-state index is 11.3. The molecule has 2 rings (SSSR count). The van der Waals surface area contributed by atoms with Crippen molar-refractivity contribution in [2.45, 2.75) is 12.5 Å². The molecular weight excluding hydrogens is 282 g/mol. The van der Waals surface area contributed by atoms with Gasteiger partial charge in [0.25, 0.3) is 0 Å². The predicted octanol–water partition coefficient (Wildman–Crippen LogP) is 2.71.